The highest BCUT2D eigenvalue weighted by Gasteiger charge is 2.54. The van der Waals surface area contributed by atoms with E-state index in [1.54, 1.807) is 0 Å². The first-order chi connectivity index (χ1) is 52.0. The molecule has 0 amide bonds. The molecule has 0 N–H and O–H groups in total. The summed E-state index contributed by atoms with van der Waals surface area (Å²) in [5.41, 5.74) is 27.0. The fraction of sp³-hybridized carbons (Fsp3) is 0.0204. The summed E-state index contributed by atoms with van der Waals surface area (Å²) >= 11 is 0. The number of nitrogens with zero attached hydrogens (tertiary/aromatic N) is 4. The Labute approximate surface area is 605 Å². The van der Waals surface area contributed by atoms with E-state index in [0.717, 1.165) is 162 Å². The van der Waals surface area contributed by atoms with Crippen molar-refractivity contribution in [3.63, 3.8) is 0 Å². The van der Waals surface area contributed by atoms with E-state index in [2.05, 4.69) is 315 Å². The third kappa shape index (κ3) is 8.61. The summed E-state index contributed by atoms with van der Waals surface area (Å²) in [6.45, 7) is 0. The molecule has 1 unspecified atom stereocenters. The zero-order valence-corrected chi connectivity index (χ0v) is 56.5. The average molecular weight is 1340 g/mol. The molecular weight excluding hydrogens is 1280 g/mol. The Kier molecular flexibility index (Phi) is 12.8. The molecule has 2 aliphatic carbocycles. The fourth-order valence-corrected chi connectivity index (χ4v) is 17.9. The number of hydrogen-bond donors (Lipinski definition) is 0. The van der Waals surface area contributed by atoms with Crippen molar-refractivity contribution in [1.29, 1.82) is 0 Å². The minimum Gasteiger partial charge on any atom is -0.456 e. The van der Waals surface area contributed by atoms with E-state index in [1.165, 1.54) is 38.9 Å². The zero-order valence-electron chi connectivity index (χ0n) is 56.5. The van der Waals surface area contributed by atoms with Crippen LogP contribution >= 0.6 is 0 Å². The molecule has 7 nitrogen and oxygen atoms in total. The smallest absolute Gasteiger partial charge is 0.160 e. The van der Waals surface area contributed by atoms with Gasteiger partial charge in [-0.1, -0.05) is 291 Å². The van der Waals surface area contributed by atoms with E-state index in [-0.39, 0.29) is 0 Å². The van der Waals surface area contributed by atoms with Crippen molar-refractivity contribution in [2.75, 3.05) is 0 Å². The van der Waals surface area contributed by atoms with Gasteiger partial charge in [0.05, 0.1) is 33.6 Å². The second-order valence-corrected chi connectivity index (χ2v) is 27.7. The highest BCUT2D eigenvalue weighted by atomic mass is 16.5. The Hall–Kier alpha value is -13.9. The molecular formula is C98H58N4O3. The second-order valence-electron chi connectivity index (χ2n) is 27.7. The van der Waals surface area contributed by atoms with Gasteiger partial charge in [0.2, 0.25) is 0 Å². The third-order valence-electron chi connectivity index (χ3n) is 22.3. The largest absolute Gasteiger partial charge is 0.456 e. The summed E-state index contributed by atoms with van der Waals surface area (Å²) in [6, 6.07) is 126. The maximum Gasteiger partial charge on any atom is 0.160 e. The number of ether oxygens (including phenoxy) is 2. The molecule has 488 valence electrons. The summed E-state index contributed by atoms with van der Waals surface area (Å²) in [6.07, 6.45) is 0. The van der Waals surface area contributed by atoms with Gasteiger partial charge in [0.1, 0.15) is 34.2 Å². The molecule has 22 rings (SSSR count). The van der Waals surface area contributed by atoms with E-state index in [1.807, 2.05) is 36.4 Å². The maximum atomic E-state index is 7.38. The van der Waals surface area contributed by atoms with Crippen molar-refractivity contribution in [3.05, 3.63) is 396 Å². The maximum absolute atomic E-state index is 7.38. The number of para-hydroxylation sites is 5. The van der Waals surface area contributed by atoms with Gasteiger partial charge in [0.25, 0.3) is 0 Å². The highest BCUT2D eigenvalue weighted by Crippen LogP contribution is 2.66. The molecule has 7 heteroatoms. The van der Waals surface area contributed by atoms with Crippen LogP contribution in [0.1, 0.15) is 44.5 Å². The molecule has 15 aromatic carbocycles. The fourth-order valence-electron chi connectivity index (χ4n) is 17.9. The minimum atomic E-state index is -0.813. The summed E-state index contributed by atoms with van der Waals surface area (Å²) in [5.74, 6) is 4.35. The van der Waals surface area contributed by atoms with Crippen LogP contribution in [0.4, 0.5) is 0 Å². The first-order valence-corrected chi connectivity index (χ1v) is 35.7. The van der Waals surface area contributed by atoms with Crippen molar-refractivity contribution < 1.29 is 13.9 Å². The minimum absolute atomic E-state index is 0.609. The standard InChI is InChI=1S/C98H58N4O3/c1-4-25-59(26-5-1)64-53-54-69(85-58-87(102-96(100-85)61-29-8-3-9-30-61)74-37-23-44-82-93(74)104-89-47-20-17-41-79(89)97(82)76-38-14-10-31-67(76)68-32-11-15-39-77(68)97)66-51-49-62(55-75(64)66)65-35-22-43-81-92(65)72-34-12-16-40-78(72)98(81)80-42-18-21-48-90(80)105-94-73(36-24-45-83(94)98)86-57-84(99-95(101-86)60-27-6-2-7-28-60)63-50-52-71-70-33-13-19-46-88(70)103-91(71)56-63/h1-58H. The zero-order chi connectivity index (χ0) is 68.9. The first kappa shape index (κ1) is 58.9. The van der Waals surface area contributed by atoms with Gasteiger partial charge in [-0.15, -0.1) is 0 Å². The van der Waals surface area contributed by atoms with Crippen molar-refractivity contribution in [2.24, 2.45) is 0 Å². The Morgan fingerprint density at radius 3 is 1.25 bits per heavy atom. The van der Waals surface area contributed by atoms with Gasteiger partial charge in [-0.05, 0) is 138 Å². The molecule has 0 fully saturated rings. The van der Waals surface area contributed by atoms with Gasteiger partial charge in [0.15, 0.2) is 11.6 Å². The Balaban J connectivity index is 0.724. The van der Waals surface area contributed by atoms with E-state index >= 15 is 0 Å². The van der Waals surface area contributed by atoms with Gasteiger partial charge < -0.3 is 13.9 Å². The predicted octanol–water partition coefficient (Wildman–Crippen LogP) is 24.6. The molecule has 0 radical (unpaired) electrons. The van der Waals surface area contributed by atoms with Crippen LogP contribution in [0.15, 0.2) is 356 Å². The van der Waals surface area contributed by atoms with Crippen molar-refractivity contribution in [1.82, 2.24) is 19.9 Å². The lowest BCUT2D eigenvalue weighted by molar-refractivity contribution is 0.437. The molecule has 3 aromatic heterocycles. The van der Waals surface area contributed by atoms with Crippen molar-refractivity contribution in [2.45, 2.75) is 10.8 Å². The number of benzene rings is 15. The molecule has 18 aromatic rings. The number of hydrogen-bond acceptors (Lipinski definition) is 7. The predicted molar refractivity (Wildman–Crippen MR) is 421 cm³/mol. The first-order valence-electron chi connectivity index (χ1n) is 35.7. The lowest BCUT2D eigenvalue weighted by Gasteiger charge is -2.40. The number of rotatable bonds is 8. The summed E-state index contributed by atoms with van der Waals surface area (Å²) in [4.78, 5) is 21.9. The summed E-state index contributed by atoms with van der Waals surface area (Å²) in [5, 5.41) is 4.29. The average Bonchev–Trinajstić information content (AvgIpc) is 1.59. The van der Waals surface area contributed by atoms with Gasteiger partial charge in [-0.2, -0.15) is 0 Å². The topological polar surface area (TPSA) is 83.2 Å². The van der Waals surface area contributed by atoms with E-state index < -0.39 is 10.8 Å². The Bertz CT molecular complexity index is 6640. The molecule has 4 aliphatic rings. The molecule has 2 aliphatic heterocycles. The Morgan fingerprint density at radius 2 is 0.629 bits per heavy atom. The van der Waals surface area contributed by atoms with Gasteiger partial charge in [-0.25, -0.2) is 19.9 Å². The van der Waals surface area contributed by atoms with Crippen LogP contribution in [0, 0.1) is 0 Å². The number of aromatic nitrogens is 4. The number of fused-ring (bicyclic) bond motifs is 22. The van der Waals surface area contributed by atoms with E-state index in [4.69, 9.17) is 33.8 Å². The normalized spacial score (nSPS) is 14.4. The van der Waals surface area contributed by atoms with Crippen LogP contribution in [0.5, 0.6) is 23.0 Å². The van der Waals surface area contributed by atoms with Crippen LogP contribution in [-0.4, -0.2) is 19.9 Å². The van der Waals surface area contributed by atoms with Gasteiger partial charge >= 0.3 is 0 Å². The van der Waals surface area contributed by atoms with Crippen LogP contribution in [0.2, 0.25) is 0 Å². The molecule has 1 atom stereocenters. The van der Waals surface area contributed by atoms with E-state index in [9.17, 15) is 0 Å². The molecule has 105 heavy (non-hydrogen) atoms. The Morgan fingerprint density at radius 1 is 0.210 bits per heavy atom. The summed E-state index contributed by atoms with van der Waals surface area (Å²) < 4.78 is 21.1. The van der Waals surface area contributed by atoms with Crippen LogP contribution in [-0.2, 0) is 10.8 Å². The van der Waals surface area contributed by atoms with E-state index in [0.29, 0.717) is 11.6 Å². The molecule has 2 spiro atoms. The molecule has 0 saturated carbocycles. The van der Waals surface area contributed by atoms with Crippen molar-refractivity contribution >= 4 is 32.7 Å². The number of furan rings is 1. The summed E-state index contributed by atoms with van der Waals surface area (Å²) in [7, 11) is 0. The quantitative estimate of drug-likeness (QED) is 0.150. The SMILES string of the molecule is c1ccc(-c2nc(-c3ccc4c(c3)oc3ccccc34)cc(-c3cccc4c3Oc3ccccc3C43c4ccccc4-c4c(-c5ccc6c(-c7cc(-c8cccc9c8Oc8ccccc8C98c9ccccc9-c9ccccc98)nc(-c8ccccc8)n7)ccc(-c7ccccc7)c6c5)cccc43)n2)cc1. The molecule has 0 saturated heterocycles. The van der Waals surface area contributed by atoms with Crippen molar-refractivity contribution in [3.8, 4) is 135 Å². The molecule has 0 bridgehead atoms. The van der Waals surface area contributed by atoms with Gasteiger partial charge in [0, 0.05) is 66.4 Å². The molecule has 5 heterocycles. The lowest BCUT2D eigenvalue weighted by Crippen LogP contribution is -2.32. The lowest BCUT2D eigenvalue weighted by atomic mass is 9.65. The van der Waals surface area contributed by atoms with Gasteiger partial charge in [-0.3, -0.25) is 0 Å². The monoisotopic (exact) mass is 1340 g/mol. The highest BCUT2D eigenvalue weighted by molar-refractivity contribution is 6.09. The van der Waals surface area contributed by atoms with Crippen LogP contribution in [0.25, 0.3) is 145 Å². The third-order valence-corrected chi connectivity index (χ3v) is 22.3. The van der Waals surface area contributed by atoms with Crippen LogP contribution < -0.4 is 9.47 Å². The second kappa shape index (κ2) is 22.8. The van der Waals surface area contributed by atoms with Crippen LogP contribution in [0.3, 0.4) is 0 Å².